The van der Waals surface area contributed by atoms with Gasteiger partial charge in [0.2, 0.25) is 0 Å². The fraction of sp³-hybridized carbons (Fsp3) is 0.667. The molecule has 0 saturated heterocycles. The Bertz CT molecular complexity index is 628. The average molecular weight is 489 g/mol. The second-order valence-corrected chi connectivity index (χ2v) is 8.02. The smallest absolute Gasteiger partial charge is 0.191 e. The third kappa shape index (κ3) is 5.79. The van der Waals surface area contributed by atoms with Crippen molar-refractivity contribution in [1.82, 2.24) is 10.6 Å². The zero-order valence-electron chi connectivity index (χ0n) is 16.5. The van der Waals surface area contributed by atoms with E-state index in [0.717, 1.165) is 50.5 Å². The molecule has 0 atom stereocenters. The summed E-state index contributed by atoms with van der Waals surface area (Å²) < 4.78 is 18.9. The summed E-state index contributed by atoms with van der Waals surface area (Å²) in [5.41, 5.74) is 1.47. The summed E-state index contributed by atoms with van der Waals surface area (Å²) in [6.07, 6.45) is 8.42. The Labute approximate surface area is 179 Å². The summed E-state index contributed by atoms with van der Waals surface area (Å²) in [6.45, 7) is 2.54. The van der Waals surface area contributed by atoms with Crippen LogP contribution in [0.4, 0.5) is 4.39 Å². The molecule has 2 aliphatic rings. The number of hydrogen-bond acceptors (Lipinski definition) is 2. The molecule has 0 spiro atoms. The molecular formula is C21H33FIN3O. The second kappa shape index (κ2) is 10.0. The molecule has 152 valence electrons. The highest BCUT2D eigenvalue weighted by Gasteiger charge is 2.44. The number of aliphatic imine (C=N–C) groups is 1. The van der Waals surface area contributed by atoms with Crippen LogP contribution >= 0.6 is 24.0 Å². The third-order valence-electron chi connectivity index (χ3n) is 6.24. The van der Waals surface area contributed by atoms with E-state index in [-0.39, 0.29) is 35.2 Å². The van der Waals surface area contributed by atoms with Crippen molar-refractivity contribution in [2.45, 2.75) is 50.4 Å². The minimum atomic E-state index is -0.155. The number of hydrogen-bond donors (Lipinski definition) is 2. The lowest BCUT2D eigenvalue weighted by atomic mass is 9.83. The lowest BCUT2D eigenvalue weighted by Crippen LogP contribution is -2.45. The van der Waals surface area contributed by atoms with Gasteiger partial charge in [-0.05, 0) is 55.2 Å². The van der Waals surface area contributed by atoms with Crippen LogP contribution in [-0.2, 0) is 10.2 Å². The van der Waals surface area contributed by atoms with E-state index in [1.807, 2.05) is 13.1 Å². The standard InChI is InChI=1S/C21H32FN3O.HI/c1-23-19(24-15-20(12-13-26-2)8-3-4-9-20)25-16-21(10-11-21)17-6-5-7-18(22)14-17;/h5-7,14H,3-4,8-13,15-16H2,1-2H3,(H2,23,24,25);1H. The Balaban J connectivity index is 0.00000261. The zero-order valence-corrected chi connectivity index (χ0v) is 18.9. The topological polar surface area (TPSA) is 45.7 Å². The highest BCUT2D eigenvalue weighted by Crippen LogP contribution is 2.47. The summed E-state index contributed by atoms with van der Waals surface area (Å²) in [7, 11) is 3.59. The quantitative estimate of drug-likeness (QED) is 0.326. The van der Waals surface area contributed by atoms with E-state index >= 15 is 0 Å². The van der Waals surface area contributed by atoms with E-state index in [0.29, 0.717) is 5.41 Å². The summed E-state index contributed by atoms with van der Waals surface area (Å²) in [5.74, 6) is 0.689. The van der Waals surface area contributed by atoms with Crippen molar-refractivity contribution in [2.75, 3.05) is 33.9 Å². The molecule has 1 aromatic carbocycles. The monoisotopic (exact) mass is 489 g/mol. The maximum atomic E-state index is 13.6. The number of nitrogens with zero attached hydrogens (tertiary/aromatic N) is 1. The van der Waals surface area contributed by atoms with Crippen LogP contribution in [0.15, 0.2) is 29.3 Å². The zero-order chi connectivity index (χ0) is 18.5. The lowest BCUT2D eigenvalue weighted by Gasteiger charge is -2.30. The minimum absolute atomic E-state index is 0. The van der Waals surface area contributed by atoms with Crippen LogP contribution in [0, 0.1) is 11.2 Å². The van der Waals surface area contributed by atoms with Gasteiger partial charge in [-0.25, -0.2) is 4.39 Å². The van der Waals surface area contributed by atoms with Gasteiger partial charge in [-0.15, -0.1) is 24.0 Å². The number of rotatable bonds is 8. The number of benzene rings is 1. The van der Waals surface area contributed by atoms with Crippen molar-refractivity contribution >= 4 is 29.9 Å². The predicted octanol–water partition coefficient (Wildman–Crippen LogP) is 4.24. The molecule has 2 N–H and O–H groups in total. The number of halogens is 2. The SMILES string of the molecule is CN=C(NCC1(CCOC)CCCC1)NCC1(c2cccc(F)c2)CC1.I. The number of ether oxygens (including phenoxy) is 1. The van der Waals surface area contributed by atoms with Gasteiger partial charge in [0.05, 0.1) is 0 Å². The van der Waals surface area contributed by atoms with Crippen LogP contribution in [0.2, 0.25) is 0 Å². The molecular weight excluding hydrogens is 456 g/mol. The van der Waals surface area contributed by atoms with E-state index in [9.17, 15) is 4.39 Å². The van der Waals surface area contributed by atoms with E-state index in [2.05, 4.69) is 15.6 Å². The van der Waals surface area contributed by atoms with Crippen molar-refractivity contribution in [2.24, 2.45) is 10.4 Å². The largest absolute Gasteiger partial charge is 0.385 e. The molecule has 0 heterocycles. The molecule has 6 heteroatoms. The molecule has 0 unspecified atom stereocenters. The van der Waals surface area contributed by atoms with Gasteiger partial charge >= 0.3 is 0 Å². The molecule has 2 saturated carbocycles. The Morgan fingerprint density at radius 2 is 1.85 bits per heavy atom. The van der Waals surface area contributed by atoms with Crippen LogP contribution in [0.1, 0.15) is 50.5 Å². The molecule has 2 fully saturated rings. The van der Waals surface area contributed by atoms with Gasteiger partial charge in [0, 0.05) is 39.3 Å². The first kappa shape index (κ1) is 22.4. The molecule has 27 heavy (non-hydrogen) atoms. The van der Waals surface area contributed by atoms with Gasteiger partial charge < -0.3 is 15.4 Å². The normalized spacial score (nSPS) is 20.0. The van der Waals surface area contributed by atoms with Crippen molar-refractivity contribution in [3.05, 3.63) is 35.6 Å². The van der Waals surface area contributed by atoms with Gasteiger partial charge in [0.1, 0.15) is 5.82 Å². The van der Waals surface area contributed by atoms with Crippen molar-refractivity contribution in [3.8, 4) is 0 Å². The molecule has 0 aromatic heterocycles. The van der Waals surface area contributed by atoms with Crippen molar-refractivity contribution in [1.29, 1.82) is 0 Å². The van der Waals surface area contributed by atoms with Crippen LogP contribution in [0.25, 0.3) is 0 Å². The first-order valence-electron chi connectivity index (χ1n) is 9.81. The van der Waals surface area contributed by atoms with E-state index in [1.54, 1.807) is 19.2 Å². The van der Waals surface area contributed by atoms with Gasteiger partial charge in [-0.1, -0.05) is 25.0 Å². The van der Waals surface area contributed by atoms with E-state index in [1.165, 1.54) is 31.7 Å². The van der Waals surface area contributed by atoms with E-state index in [4.69, 9.17) is 4.74 Å². The van der Waals surface area contributed by atoms with Crippen LogP contribution in [0.5, 0.6) is 0 Å². The summed E-state index contributed by atoms with van der Waals surface area (Å²) in [4.78, 5) is 4.39. The van der Waals surface area contributed by atoms with Gasteiger partial charge in [0.15, 0.2) is 5.96 Å². The predicted molar refractivity (Wildman–Crippen MR) is 119 cm³/mol. The molecule has 2 aliphatic carbocycles. The van der Waals surface area contributed by atoms with Gasteiger partial charge in [-0.2, -0.15) is 0 Å². The first-order valence-corrected chi connectivity index (χ1v) is 9.81. The molecule has 0 bridgehead atoms. The molecule has 1 aromatic rings. The van der Waals surface area contributed by atoms with Gasteiger partial charge in [-0.3, -0.25) is 4.99 Å². The Hall–Kier alpha value is -0.890. The summed E-state index contributed by atoms with van der Waals surface area (Å²) in [6, 6.07) is 7.02. The van der Waals surface area contributed by atoms with E-state index < -0.39 is 0 Å². The van der Waals surface area contributed by atoms with Gasteiger partial charge in [0.25, 0.3) is 0 Å². The van der Waals surface area contributed by atoms with Crippen LogP contribution in [-0.4, -0.2) is 39.8 Å². The van der Waals surface area contributed by atoms with Crippen molar-refractivity contribution in [3.63, 3.8) is 0 Å². The molecule has 3 rings (SSSR count). The minimum Gasteiger partial charge on any atom is -0.385 e. The number of methoxy groups -OCH3 is 1. The number of guanidine groups is 1. The molecule has 0 amide bonds. The maximum absolute atomic E-state index is 13.6. The fourth-order valence-electron chi connectivity index (χ4n) is 4.24. The summed E-state index contributed by atoms with van der Waals surface area (Å²) >= 11 is 0. The highest BCUT2D eigenvalue weighted by molar-refractivity contribution is 14.0. The third-order valence-corrected chi connectivity index (χ3v) is 6.24. The fourth-order valence-corrected chi connectivity index (χ4v) is 4.24. The second-order valence-electron chi connectivity index (χ2n) is 8.02. The van der Waals surface area contributed by atoms with Crippen LogP contribution in [0.3, 0.4) is 0 Å². The lowest BCUT2D eigenvalue weighted by molar-refractivity contribution is 0.138. The Morgan fingerprint density at radius 3 is 2.44 bits per heavy atom. The first-order chi connectivity index (χ1) is 12.6. The van der Waals surface area contributed by atoms with Crippen molar-refractivity contribution < 1.29 is 9.13 Å². The Kier molecular flexibility index (Phi) is 8.34. The Morgan fingerprint density at radius 1 is 1.15 bits per heavy atom. The summed E-state index contributed by atoms with van der Waals surface area (Å²) in [5, 5.41) is 7.01. The maximum Gasteiger partial charge on any atom is 0.191 e. The average Bonchev–Trinajstić information content (AvgIpc) is 3.31. The highest BCUT2D eigenvalue weighted by atomic mass is 127. The molecule has 0 aliphatic heterocycles. The molecule has 0 radical (unpaired) electrons. The molecule has 4 nitrogen and oxygen atoms in total. The van der Waals surface area contributed by atoms with Crippen LogP contribution < -0.4 is 10.6 Å². The number of nitrogens with one attached hydrogen (secondary N) is 2.